The van der Waals surface area contributed by atoms with Crippen molar-refractivity contribution in [2.24, 2.45) is 0 Å². The molecule has 3 rings (SSSR count). The maximum Gasteiger partial charge on any atom is 0.324 e. The van der Waals surface area contributed by atoms with Gasteiger partial charge in [-0.1, -0.05) is 6.58 Å². The molecular formula is C18H17N5O2. The molecule has 3 N–H and O–H groups in total. The average Bonchev–Trinajstić information content (AvgIpc) is 3.06. The SMILES string of the molecule is C=C(C)c1cc(NC(=O)Nc2ccc(Oc3ccncc3)cc2)n[nH]1. The van der Waals surface area contributed by atoms with Gasteiger partial charge >= 0.3 is 6.03 Å². The second-order valence-electron chi connectivity index (χ2n) is 5.34. The summed E-state index contributed by atoms with van der Waals surface area (Å²) in [4.78, 5) is 15.9. The molecule has 0 atom stereocenters. The van der Waals surface area contributed by atoms with Crippen LogP contribution in [0.2, 0.25) is 0 Å². The number of allylic oxidation sites excluding steroid dienone is 1. The van der Waals surface area contributed by atoms with Crippen molar-refractivity contribution in [3.8, 4) is 11.5 Å². The quantitative estimate of drug-likeness (QED) is 0.649. The highest BCUT2D eigenvalue weighted by atomic mass is 16.5. The first-order valence-corrected chi connectivity index (χ1v) is 7.57. The number of urea groups is 1. The summed E-state index contributed by atoms with van der Waals surface area (Å²) >= 11 is 0. The van der Waals surface area contributed by atoms with E-state index in [4.69, 9.17) is 4.74 Å². The molecule has 2 aromatic heterocycles. The number of amides is 2. The minimum atomic E-state index is -0.387. The molecule has 0 spiro atoms. The lowest BCUT2D eigenvalue weighted by atomic mass is 10.2. The second-order valence-corrected chi connectivity index (χ2v) is 5.34. The Kier molecular flexibility index (Phi) is 4.75. The molecule has 0 radical (unpaired) electrons. The molecule has 0 unspecified atom stereocenters. The number of benzene rings is 1. The van der Waals surface area contributed by atoms with Crippen molar-refractivity contribution in [2.45, 2.75) is 6.92 Å². The van der Waals surface area contributed by atoms with Crippen LogP contribution in [0.25, 0.3) is 5.57 Å². The Morgan fingerprint density at radius 1 is 1.08 bits per heavy atom. The van der Waals surface area contributed by atoms with Crippen molar-refractivity contribution in [1.29, 1.82) is 0 Å². The van der Waals surface area contributed by atoms with Crippen LogP contribution in [-0.4, -0.2) is 21.2 Å². The zero-order chi connectivity index (χ0) is 17.6. The van der Waals surface area contributed by atoms with E-state index in [1.165, 1.54) is 0 Å². The number of nitrogens with zero attached hydrogens (tertiary/aromatic N) is 2. The monoisotopic (exact) mass is 335 g/mol. The number of rotatable bonds is 5. The summed E-state index contributed by atoms with van der Waals surface area (Å²) in [5.41, 5.74) is 2.24. The number of aromatic amines is 1. The summed E-state index contributed by atoms with van der Waals surface area (Å²) in [6.07, 6.45) is 3.31. The summed E-state index contributed by atoms with van der Waals surface area (Å²) in [7, 11) is 0. The fraction of sp³-hybridized carbons (Fsp3) is 0.0556. The van der Waals surface area contributed by atoms with Gasteiger partial charge in [0.1, 0.15) is 11.5 Å². The number of ether oxygens (including phenoxy) is 1. The Labute approximate surface area is 144 Å². The fourth-order valence-electron chi connectivity index (χ4n) is 2.03. The molecule has 0 bridgehead atoms. The minimum absolute atomic E-state index is 0.387. The Hall–Kier alpha value is -3.61. The number of H-pyrrole nitrogens is 1. The van der Waals surface area contributed by atoms with Crippen molar-refractivity contribution in [1.82, 2.24) is 15.2 Å². The van der Waals surface area contributed by atoms with Crippen molar-refractivity contribution in [2.75, 3.05) is 10.6 Å². The van der Waals surface area contributed by atoms with E-state index in [0.29, 0.717) is 23.0 Å². The highest BCUT2D eigenvalue weighted by molar-refractivity contribution is 5.99. The lowest BCUT2D eigenvalue weighted by Gasteiger charge is -2.08. The van der Waals surface area contributed by atoms with Gasteiger partial charge in [0.05, 0.1) is 5.69 Å². The summed E-state index contributed by atoms with van der Waals surface area (Å²) in [5, 5.41) is 12.2. The predicted molar refractivity (Wildman–Crippen MR) is 96.7 cm³/mol. The number of nitrogens with one attached hydrogen (secondary N) is 3. The van der Waals surface area contributed by atoms with Crippen LogP contribution in [0, 0.1) is 0 Å². The van der Waals surface area contributed by atoms with Gasteiger partial charge in [-0.15, -0.1) is 0 Å². The molecule has 0 saturated carbocycles. The fourth-order valence-corrected chi connectivity index (χ4v) is 2.03. The highest BCUT2D eigenvalue weighted by Crippen LogP contribution is 2.22. The van der Waals surface area contributed by atoms with Gasteiger partial charge in [-0.05, 0) is 48.9 Å². The molecule has 0 fully saturated rings. The minimum Gasteiger partial charge on any atom is -0.457 e. The van der Waals surface area contributed by atoms with Gasteiger partial charge in [0.15, 0.2) is 5.82 Å². The molecule has 0 aliphatic rings. The van der Waals surface area contributed by atoms with Gasteiger partial charge in [-0.2, -0.15) is 5.10 Å². The maximum absolute atomic E-state index is 12.0. The van der Waals surface area contributed by atoms with E-state index in [-0.39, 0.29) is 6.03 Å². The second kappa shape index (κ2) is 7.31. The lowest BCUT2D eigenvalue weighted by Crippen LogP contribution is -2.19. The smallest absolute Gasteiger partial charge is 0.324 e. The van der Waals surface area contributed by atoms with Crippen LogP contribution >= 0.6 is 0 Å². The summed E-state index contributed by atoms with van der Waals surface area (Å²) in [6, 6.07) is 11.9. The van der Waals surface area contributed by atoms with E-state index in [0.717, 1.165) is 11.3 Å². The number of hydrogen-bond donors (Lipinski definition) is 3. The van der Waals surface area contributed by atoms with Crippen LogP contribution in [0.15, 0.2) is 61.4 Å². The van der Waals surface area contributed by atoms with Gasteiger partial charge in [0.2, 0.25) is 0 Å². The molecule has 7 nitrogen and oxygen atoms in total. The van der Waals surface area contributed by atoms with Crippen LogP contribution in [0.5, 0.6) is 11.5 Å². The Morgan fingerprint density at radius 2 is 1.76 bits per heavy atom. The molecule has 3 aromatic rings. The molecule has 7 heteroatoms. The molecule has 0 aliphatic heterocycles. The van der Waals surface area contributed by atoms with Crippen LogP contribution in [0.4, 0.5) is 16.3 Å². The Balaban J connectivity index is 1.57. The van der Waals surface area contributed by atoms with Crippen LogP contribution in [-0.2, 0) is 0 Å². The van der Waals surface area contributed by atoms with E-state index < -0.39 is 0 Å². The van der Waals surface area contributed by atoms with Gasteiger partial charge in [0, 0.05) is 24.1 Å². The predicted octanol–water partition coefficient (Wildman–Crippen LogP) is 4.27. The summed E-state index contributed by atoms with van der Waals surface area (Å²) in [6.45, 7) is 5.66. The zero-order valence-corrected chi connectivity index (χ0v) is 13.6. The van der Waals surface area contributed by atoms with E-state index in [9.17, 15) is 4.79 Å². The molecule has 0 saturated heterocycles. The van der Waals surface area contributed by atoms with Gasteiger partial charge in [0.25, 0.3) is 0 Å². The van der Waals surface area contributed by atoms with Crippen molar-refractivity contribution < 1.29 is 9.53 Å². The van der Waals surface area contributed by atoms with Gasteiger partial charge < -0.3 is 10.1 Å². The largest absolute Gasteiger partial charge is 0.457 e. The molecule has 25 heavy (non-hydrogen) atoms. The van der Waals surface area contributed by atoms with E-state index in [1.807, 2.05) is 6.92 Å². The zero-order valence-electron chi connectivity index (χ0n) is 13.6. The maximum atomic E-state index is 12.0. The topological polar surface area (TPSA) is 91.9 Å². The normalized spacial score (nSPS) is 10.1. The number of aromatic nitrogens is 3. The average molecular weight is 335 g/mol. The first-order valence-electron chi connectivity index (χ1n) is 7.57. The van der Waals surface area contributed by atoms with E-state index in [1.54, 1.807) is 54.9 Å². The molecule has 0 aliphatic carbocycles. The number of pyridine rings is 1. The molecule has 1 aromatic carbocycles. The Morgan fingerprint density at radius 3 is 2.40 bits per heavy atom. The third-order valence-electron chi connectivity index (χ3n) is 3.28. The third-order valence-corrected chi connectivity index (χ3v) is 3.28. The number of hydrogen-bond acceptors (Lipinski definition) is 4. The van der Waals surface area contributed by atoms with E-state index in [2.05, 4.69) is 32.4 Å². The van der Waals surface area contributed by atoms with Crippen LogP contribution in [0.3, 0.4) is 0 Å². The van der Waals surface area contributed by atoms with Gasteiger partial charge in [-0.3, -0.25) is 15.4 Å². The van der Waals surface area contributed by atoms with E-state index >= 15 is 0 Å². The van der Waals surface area contributed by atoms with Crippen molar-refractivity contribution in [3.05, 3.63) is 67.1 Å². The van der Waals surface area contributed by atoms with Crippen molar-refractivity contribution >= 4 is 23.1 Å². The first-order chi connectivity index (χ1) is 12.1. The standard InChI is InChI=1S/C18H17N5O2/c1-12(2)16-11-17(23-22-16)21-18(24)20-13-3-5-14(6-4-13)25-15-7-9-19-10-8-15/h3-11H,1H2,2H3,(H3,20,21,22,23,24). The number of anilines is 2. The Bertz CT molecular complexity index is 872. The van der Waals surface area contributed by atoms with Crippen LogP contribution in [0.1, 0.15) is 12.6 Å². The molecule has 2 amide bonds. The number of carbonyl (C=O) groups excluding carboxylic acids is 1. The number of carbonyl (C=O) groups is 1. The summed E-state index contributed by atoms with van der Waals surface area (Å²) < 4.78 is 5.67. The molecular weight excluding hydrogens is 318 g/mol. The molecule has 2 heterocycles. The third kappa shape index (κ3) is 4.44. The lowest BCUT2D eigenvalue weighted by molar-refractivity contribution is 0.262. The molecule has 126 valence electrons. The van der Waals surface area contributed by atoms with Gasteiger partial charge in [-0.25, -0.2) is 4.79 Å². The van der Waals surface area contributed by atoms with Crippen LogP contribution < -0.4 is 15.4 Å². The highest BCUT2D eigenvalue weighted by Gasteiger charge is 2.07. The van der Waals surface area contributed by atoms with Crippen molar-refractivity contribution in [3.63, 3.8) is 0 Å². The summed E-state index contributed by atoms with van der Waals surface area (Å²) in [5.74, 6) is 1.78. The first kappa shape index (κ1) is 16.3.